The van der Waals surface area contributed by atoms with Crippen molar-refractivity contribution in [1.29, 1.82) is 0 Å². The fraction of sp³-hybridized carbons (Fsp3) is 0. The van der Waals surface area contributed by atoms with Gasteiger partial charge in [0, 0.05) is 17.2 Å². The number of halogens is 5. The van der Waals surface area contributed by atoms with Crippen LogP contribution in [0.2, 0.25) is 25.1 Å². The van der Waals surface area contributed by atoms with Crippen molar-refractivity contribution < 1.29 is 18.1 Å². The Morgan fingerprint density at radius 3 is 1.71 bits per heavy atom. The highest BCUT2D eigenvalue weighted by atomic mass is 35.5. The predicted molar refractivity (Wildman–Crippen MR) is 122 cm³/mol. The molecular formula is C18H9Cl5N2O5S. The summed E-state index contributed by atoms with van der Waals surface area (Å²) < 4.78 is 33.0. The van der Waals surface area contributed by atoms with Gasteiger partial charge < -0.3 is 4.74 Å². The molecule has 0 fully saturated rings. The van der Waals surface area contributed by atoms with Crippen LogP contribution in [-0.4, -0.2) is 13.3 Å². The van der Waals surface area contributed by atoms with Crippen molar-refractivity contribution in [1.82, 2.24) is 0 Å². The van der Waals surface area contributed by atoms with E-state index in [0.717, 1.165) is 24.3 Å². The molecule has 1 N–H and O–H groups in total. The van der Waals surface area contributed by atoms with E-state index in [1.807, 2.05) is 0 Å². The number of nitro groups is 1. The highest BCUT2D eigenvalue weighted by molar-refractivity contribution is 7.92. The number of benzene rings is 3. The third-order valence-electron chi connectivity index (χ3n) is 3.78. The fourth-order valence-corrected chi connectivity index (χ4v) is 4.90. The number of nitrogens with one attached hydrogen (secondary N) is 1. The largest absolute Gasteiger partial charge is 0.451 e. The van der Waals surface area contributed by atoms with Gasteiger partial charge in [-0.3, -0.25) is 14.8 Å². The zero-order valence-electron chi connectivity index (χ0n) is 14.9. The van der Waals surface area contributed by atoms with Gasteiger partial charge in [-0.2, -0.15) is 0 Å². The Kier molecular flexibility index (Phi) is 7.10. The molecule has 0 spiro atoms. The number of rotatable bonds is 6. The van der Waals surface area contributed by atoms with E-state index in [4.69, 9.17) is 62.7 Å². The molecule has 0 saturated carbocycles. The number of nitrogens with zero attached hydrogens (tertiary/aromatic N) is 1. The Hall–Kier alpha value is -1.94. The molecule has 0 aliphatic rings. The Balaban J connectivity index is 1.89. The van der Waals surface area contributed by atoms with Gasteiger partial charge in [-0.15, -0.1) is 0 Å². The highest BCUT2D eigenvalue weighted by Crippen LogP contribution is 2.44. The van der Waals surface area contributed by atoms with Crippen molar-refractivity contribution in [2.75, 3.05) is 4.72 Å². The van der Waals surface area contributed by atoms with E-state index in [2.05, 4.69) is 4.72 Å². The molecule has 3 aromatic carbocycles. The number of hydrogen-bond acceptors (Lipinski definition) is 5. The molecule has 0 aliphatic heterocycles. The van der Waals surface area contributed by atoms with Gasteiger partial charge in [0.15, 0.2) is 11.5 Å². The molecule has 0 aliphatic carbocycles. The van der Waals surface area contributed by atoms with E-state index in [1.54, 1.807) is 0 Å². The lowest BCUT2D eigenvalue weighted by atomic mass is 10.3. The molecule has 13 heteroatoms. The molecule has 0 heterocycles. The zero-order valence-corrected chi connectivity index (χ0v) is 19.5. The van der Waals surface area contributed by atoms with Crippen LogP contribution in [-0.2, 0) is 10.0 Å². The van der Waals surface area contributed by atoms with E-state index in [0.29, 0.717) is 5.02 Å². The van der Waals surface area contributed by atoms with E-state index in [-0.39, 0.29) is 47.9 Å². The van der Waals surface area contributed by atoms with Crippen LogP contribution < -0.4 is 9.46 Å². The minimum Gasteiger partial charge on any atom is -0.451 e. The van der Waals surface area contributed by atoms with Gasteiger partial charge in [0.2, 0.25) is 0 Å². The zero-order chi connectivity index (χ0) is 22.9. The number of hydrogen-bond donors (Lipinski definition) is 1. The van der Waals surface area contributed by atoms with Crippen LogP contribution in [0.1, 0.15) is 0 Å². The first-order valence-corrected chi connectivity index (χ1v) is 11.4. The van der Waals surface area contributed by atoms with E-state index in [9.17, 15) is 18.5 Å². The van der Waals surface area contributed by atoms with E-state index >= 15 is 0 Å². The first-order valence-electron chi connectivity index (χ1n) is 8.06. The normalized spacial score (nSPS) is 11.3. The van der Waals surface area contributed by atoms with Crippen LogP contribution in [0, 0.1) is 10.1 Å². The molecule has 3 rings (SSSR count). The third kappa shape index (κ3) is 5.46. The topological polar surface area (TPSA) is 98.5 Å². The third-order valence-corrected chi connectivity index (χ3v) is 6.51. The monoisotopic (exact) mass is 540 g/mol. The summed E-state index contributed by atoms with van der Waals surface area (Å²) in [5.74, 6) is 0.0588. The summed E-state index contributed by atoms with van der Waals surface area (Å²) in [5, 5.41) is 11.2. The van der Waals surface area contributed by atoms with Gasteiger partial charge in [0.25, 0.3) is 15.7 Å². The van der Waals surface area contributed by atoms with Gasteiger partial charge in [0.1, 0.15) is 0 Å². The van der Waals surface area contributed by atoms with E-state index < -0.39 is 14.9 Å². The van der Waals surface area contributed by atoms with Crippen molar-refractivity contribution in [2.45, 2.75) is 4.90 Å². The molecule has 3 aromatic rings. The smallest absolute Gasteiger partial charge is 0.269 e. The minimum atomic E-state index is -4.07. The second-order valence-electron chi connectivity index (χ2n) is 5.93. The molecule has 0 amide bonds. The Labute approximate surface area is 201 Å². The molecule has 31 heavy (non-hydrogen) atoms. The second-order valence-corrected chi connectivity index (χ2v) is 9.67. The number of sulfonamides is 1. The molecule has 0 radical (unpaired) electrons. The van der Waals surface area contributed by atoms with Crippen LogP contribution >= 0.6 is 58.0 Å². The molecule has 0 saturated heterocycles. The highest BCUT2D eigenvalue weighted by Gasteiger charge is 2.20. The maximum atomic E-state index is 12.6. The molecule has 0 aromatic heterocycles. The van der Waals surface area contributed by atoms with Crippen molar-refractivity contribution >= 4 is 79.4 Å². The maximum absolute atomic E-state index is 12.6. The lowest BCUT2D eigenvalue weighted by Crippen LogP contribution is -2.13. The van der Waals surface area contributed by atoms with Crippen molar-refractivity contribution in [3.8, 4) is 11.5 Å². The van der Waals surface area contributed by atoms with Crippen molar-refractivity contribution in [3.63, 3.8) is 0 Å². The molecule has 0 unspecified atom stereocenters. The summed E-state index contributed by atoms with van der Waals surface area (Å²) >= 11 is 30.5. The summed E-state index contributed by atoms with van der Waals surface area (Å²) in [6.45, 7) is 0. The second kappa shape index (κ2) is 9.28. The van der Waals surface area contributed by atoms with Gasteiger partial charge >= 0.3 is 0 Å². The molecule has 0 atom stereocenters. The van der Waals surface area contributed by atoms with Crippen LogP contribution in [0.3, 0.4) is 0 Å². The van der Waals surface area contributed by atoms with Crippen molar-refractivity contribution in [3.05, 3.63) is 83.8 Å². The molecule has 162 valence electrons. The minimum absolute atomic E-state index is 0.00672. The molecular weight excluding hydrogens is 534 g/mol. The number of non-ortho nitro benzene ring substituents is 1. The number of nitro benzene ring substituents is 1. The van der Waals surface area contributed by atoms with Crippen LogP contribution in [0.4, 0.5) is 11.4 Å². The van der Waals surface area contributed by atoms with Gasteiger partial charge in [-0.1, -0.05) is 58.0 Å². The molecule has 0 bridgehead atoms. The molecule has 7 nitrogen and oxygen atoms in total. The van der Waals surface area contributed by atoms with Crippen LogP contribution in [0.5, 0.6) is 11.5 Å². The fourth-order valence-electron chi connectivity index (χ4n) is 2.41. The van der Waals surface area contributed by atoms with Gasteiger partial charge in [0.05, 0.1) is 35.6 Å². The van der Waals surface area contributed by atoms with Crippen molar-refractivity contribution in [2.24, 2.45) is 0 Å². The Morgan fingerprint density at radius 2 is 1.26 bits per heavy atom. The quantitative estimate of drug-likeness (QED) is 0.258. The maximum Gasteiger partial charge on any atom is 0.269 e. The average molecular weight is 543 g/mol. The number of ether oxygens (including phenoxy) is 1. The lowest BCUT2D eigenvalue weighted by Gasteiger charge is -2.15. The number of anilines is 1. The predicted octanol–water partition coefficient (Wildman–Crippen LogP) is 7.45. The first-order chi connectivity index (χ1) is 14.5. The summed E-state index contributed by atoms with van der Waals surface area (Å²) in [7, 11) is -4.07. The summed E-state index contributed by atoms with van der Waals surface area (Å²) in [4.78, 5) is 9.90. The lowest BCUT2D eigenvalue weighted by molar-refractivity contribution is -0.384. The summed E-state index contributed by atoms with van der Waals surface area (Å²) in [5.41, 5.74) is -0.208. The van der Waals surface area contributed by atoms with Gasteiger partial charge in [-0.05, 0) is 36.4 Å². The first kappa shape index (κ1) is 23.7. The average Bonchev–Trinajstić information content (AvgIpc) is 2.66. The standard InChI is InChI=1S/C18H9Cl5N2O5S/c19-9-5-13(20)17(14(21)6-9)30-18-15(22)7-10(8-16(18)23)24-31(28,29)12-3-1-11(2-4-12)25(26)27/h1-8,24H. The summed E-state index contributed by atoms with van der Waals surface area (Å²) in [6.07, 6.45) is 0. The Morgan fingerprint density at radius 1 is 0.806 bits per heavy atom. The van der Waals surface area contributed by atoms with Crippen LogP contribution in [0.25, 0.3) is 0 Å². The van der Waals surface area contributed by atoms with E-state index in [1.165, 1.54) is 24.3 Å². The SMILES string of the molecule is O=[N+]([O-])c1ccc(S(=O)(=O)Nc2cc(Cl)c(Oc3c(Cl)cc(Cl)cc3Cl)c(Cl)c2)cc1. The summed E-state index contributed by atoms with van der Waals surface area (Å²) in [6, 6.07) is 9.72. The van der Waals surface area contributed by atoms with Gasteiger partial charge in [-0.25, -0.2) is 8.42 Å². The Bertz CT molecular complexity index is 1240. The van der Waals surface area contributed by atoms with Crippen LogP contribution in [0.15, 0.2) is 53.4 Å².